The van der Waals surface area contributed by atoms with Crippen LogP contribution in [0.4, 0.5) is 0 Å². The first-order valence-corrected chi connectivity index (χ1v) is 11.6. The van der Waals surface area contributed by atoms with Crippen molar-refractivity contribution in [2.75, 3.05) is 27.2 Å². The maximum Gasteiger partial charge on any atom is 0.240 e. The summed E-state index contributed by atoms with van der Waals surface area (Å²) in [5, 5.41) is 1.13. The van der Waals surface area contributed by atoms with Crippen molar-refractivity contribution in [1.82, 2.24) is 14.2 Å². The molecule has 0 aliphatic heterocycles. The fraction of sp³-hybridized carbons (Fsp3) is 0.391. The number of sulfonamides is 1. The highest BCUT2D eigenvalue weighted by Crippen LogP contribution is 2.28. The van der Waals surface area contributed by atoms with Crippen molar-refractivity contribution in [3.63, 3.8) is 0 Å². The molecule has 0 saturated heterocycles. The van der Waals surface area contributed by atoms with E-state index < -0.39 is 10.0 Å². The summed E-state index contributed by atoms with van der Waals surface area (Å²) < 4.78 is 36.2. The van der Waals surface area contributed by atoms with Crippen LogP contribution in [0.5, 0.6) is 5.75 Å². The van der Waals surface area contributed by atoms with Crippen molar-refractivity contribution >= 4 is 20.9 Å². The van der Waals surface area contributed by atoms with Gasteiger partial charge in [-0.1, -0.05) is 32.0 Å². The van der Waals surface area contributed by atoms with E-state index in [0.717, 1.165) is 16.5 Å². The zero-order valence-corrected chi connectivity index (χ0v) is 19.1. The fourth-order valence-electron chi connectivity index (χ4n) is 3.46. The summed E-state index contributed by atoms with van der Waals surface area (Å²) >= 11 is 0. The molecule has 0 radical (unpaired) electrons. The van der Waals surface area contributed by atoms with Crippen molar-refractivity contribution in [2.24, 2.45) is 13.0 Å². The number of ether oxygens (including phenoxy) is 1. The first kappa shape index (κ1) is 22.3. The lowest BCUT2D eigenvalue weighted by atomic mass is 10.1. The Balaban J connectivity index is 1.77. The molecule has 0 aliphatic rings. The monoisotopic (exact) mass is 429 g/mol. The van der Waals surface area contributed by atoms with E-state index in [1.807, 2.05) is 38.2 Å². The Bertz CT molecular complexity index is 1090. The van der Waals surface area contributed by atoms with Crippen LogP contribution in [0.3, 0.4) is 0 Å². The number of rotatable bonds is 9. The molecule has 1 unspecified atom stereocenters. The Kier molecular flexibility index (Phi) is 6.85. The van der Waals surface area contributed by atoms with Crippen LogP contribution in [-0.4, -0.2) is 45.1 Å². The van der Waals surface area contributed by atoms with Gasteiger partial charge in [-0.05, 0) is 55.9 Å². The number of hydrogen-bond donors (Lipinski definition) is 1. The van der Waals surface area contributed by atoms with Gasteiger partial charge in [0.25, 0.3) is 0 Å². The molecule has 2 aromatic carbocycles. The summed E-state index contributed by atoms with van der Waals surface area (Å²) in [6.07, 6.45) is 2.07. The number of aryl methyl sites for hydroxylation is 1. The van der Waals surface area contributed by atoms with Crippen LogP contribution in [0.15, 0.2) is 59.6 Å². The van der Waals surface area contributed by atoms with Gasteiger partial charge in [-0.2, -0.15) is 0 Å². The van der Waals surface area contributed by atoms with Crippen LogP contribution in [0.1, 0.15) is 25.5 Å². The van der Waals surface area contributed by atoms with Crippen molar-refractivity contribution in [1.29, 1.82) is 0 Å². The van der Waals surface area contributed by atoms with Crippen LogP contribution < -0.4 is 9.46 Å². The summed E-state index contributed by atoms with van der Waals surface area (Å²) in [7, 11) is 2.30. The second-order valence-corrected chi connectivity index (χ2v) is 9.99. The van der Waals surface area contributed by atoms with Crippen LogP contribution >= 0.6 is 0 Å². The first-order valence-electron chi connectivity index (χ1n) is 10.1. The molecule has 1 heterocycles. The second kappa shape index (κ2) is 9.20. The highest BCUT2D eigenvalue weighted by Gasteiger charge is 2.22. The third kappa shape index (κ3) is 5.03. The van der Waals surface area contributed by atoms with E-state index in [1.165, 1.54) is 0 Å². The average molecular weight is 430 g/mol. The van der Waals surface area contributed by atoms with E-state index in [2.05, 4.69) is 41.5 Å². The number of para-hydroxylation sites is 1. The molecule has 3 rings (SSSR count). The Morgan fingerprint density at radius 2 is 1.73 bits per heavy atom. The quantitative estimate of drug-likeness (QED) is 0.562. The molecule has 7 heteroatoms. The van der Waals surface area contributed by atoms with Crippen LogP contribution in [0.25, 0.3) is 10.9 Å². The maximum atomic E-state index is 12.9. The molecule has 0 bridgehead atoms. The number of likely N-dealkylation sites (N-methyl/N-ethyl adjacent to an activating group) is 1. The molecular formula is C23H31N3O3S. The molecule has 0 fully saturated rings. The predicted molar refractivity (Wildman–Crippen MR) is 121 cm³/mol. The van der Waals surface area contributed by atoms with E-state index in [-0.39, 0.29) is 17.5 Å². The molecule has 6 nitrogen and oxygen atoms in total. The van der Waals surface area contributed by atoms with E-state index in [9.17, 15) is 8.42 Å². The van der Waals surface area contributed by atoms with Gasteiger partial charge in [0.2, 0.25) is 10.0 Å². The number of nitrogens with one attached hydrogen (secondary N) is 1. The molecule has 30 heavy (non-hydrogen) atoms. The largest absolute Gasteiger partial charge is 0.493 e. The summed E-state index contributed by atoms with van der Waals surface area (Å²) in [5.74, 6) is 1.08. The van der Waals surface area contributed by atoms with E-state index in [0.29, 0.717) is 18.3 Å². The van der Waals surface area contributed by atoms with E-state index in [4.69, 9.17) is 4.74 Å². The molecule has 0 spiro atoms. The third-order valence-electron chi connectivity index (χ3n) is 5.09. The van der Waals surface area contributed by atoms with Crippen molar-refractivity contribution in [3.05, 3.63) is 60.3 Å². The topological polar surface area (TPSA) is 63.6 Å². The zero-order chi connectivity index (χ0) is 21.9. The molecule has 1 atom stereocenters. The van der Waals surface area contributed by atoms with E-state index in [1.54, 1.807) is 24.3 Å². The Morgan fingerprint density at radius 1 is 1.07 bits per heavy atom. The molecule has 0 aliphatic carbocycles. The van der Waals surface area contributed by atoms with Gasteiger partial charge < -0.3 is 14.2 Å². The van der Waals surface area contributed by atoms with Crippen LogP contribution in [0, 0.1) is 5.92 Å². The number of fused-ring (bicyclic) bond motifs is 1. The Morgan fingerprint density at radius 3 is 2.37 bits per heavy atom. The summed E-state index contributed by atoms with van der Waals surface area (Å²) in [6.45, 7) is 5.01. The first-order chi connectivity index (χ1) is 14.2. The standard InChI is InChI=1S/C23H31N3O3S/c1-17(2)16-29-18-10-12-19(13-11-18)30(27,28)24-14-23(25(3)4)21-15-26(5)22-9-7-6-8-20(21)22/h6-13,15,17,23-24H,14,16H2,1-5H3. The molecule has 162 valence electrons. The van der Waals surface area contributed by atoms with E-state index >= 15 is 0 Å². The fourth-order valence-corrected chi connectivity index (χ4v) is 4.50. The number of aromatic nitrogens is 1. The summed E-state index contributed by atoms with van der Waals surface area (Å²) in [5.41, 5.74) is 2.22. The SMILES string of the molecule is CC(C)COc1ccc(S(=O)(=O)NCC(c2cn(C)c3ccccc23)N(C)C)cc1. The maximum absolute atomic E-state index is 12.9. The summed E-state index contributed by atoms with van der Waals surface area (Å²) in [4.78, 5) is 2.27. The summed E-state index contributed by atoms with van der Waals surface area (Å²) in [6, 6.07) is 14.6. The second-order valence-electron chi connectivity index (χ2n) is 8.22. The average Bonchev–Trinajstić information content (AvgIpc) is 3.03. The number of benzene rings is 2. The van der Waals surface area contributed by atoms with Gasteiger partial charge in [0.15, 0.2) is 0 Å². The van der Waals surface area contributed by atoms with Crippen molar-refractivity contribution < 1.29 is 13.2 Å². The lowest BCUT2D eigenvalue weighted by Gasteiger charge is -2.24. The molecule has 0 amide bonds. The van der Waals surface area contributed by atoms with Gasteiger partial charge in [0, 0.05) is 36.7 Å². The lowest BCUT2D eigenvalue weighted by Crippen LogP contribution is -2.34. The van der Waals surface area contributed by atoms with Gasteiger partial charge >= 0.3 is 0 Å². The molecule has 3 aromatic rings. The van der Waals surface area contributed by atoms with Gasteiger partial charge in [-0.15, -0.1) is 0 Å². The van der Waals surface area contributed by atoms with Crippen LogP contribution in [-0.2, 0) is 17.1 Å². The van der Waals surface area contributed by atoms with Gasteiger partial charge in [-0.3, -0.25) is 0 Å². The van der Waals surface area contributed by atoms with Gasteiger partial charge in [-0.25, -0.2) is 13.1 Å². The Labute approximate surface area is 179 Å². The normalized spacial score (nSPS) is 13.3. The van der Waals surface area contributed by atoms with Crippen molar-refractivity contribution in [2.45, 2.75) is 24.8 Å². The van der Waals surface area contributed by atoms with Gasteiger partial charge in [0.05, 0.1) is 11.5 Å². The minimum Gasteiger partial charge on any atom is -0.493 e. The number of hydrogen-bond acceptors (Lipinski definition) is 4. The Hall–Kier alpha value is -2.35. The highest BCUT2D eigenvalue weighted by atomic mass is 32.2. The minimum absolute atomic E-state index is 0.0977. The number of nitrogens with zero attached hydrogens (tertiary/aromatic N) is 2. The molecular weight excluding hydrogens is 398 g/mol. The smallest absolute Gasteiger partial charge is 0.240 e. The van der Waals surface area contributed by atoms with Crippen molar-refractivity contribution in [3.8, 4) is 5.75 Å². The molecule has 0 saturated carbocycles. The third-order valence-corrected chi connectivity index (χ3v) is 6.53. The predicted octanol–water partition coefficient (Wildman–Crippen LogP) is 3.79. The molecule has 1 N–H and O–H groups in total. The van der Waals surface area contributed by atoms with Crippen LogP contribution in [0.2, 0.25) is 0 Å². The molecule has 1 aromatic heterocycles. The lowest BCUT2D eigenvalue weighted by molar-refractivity contribution is 0.271. The zero-order valence-electron chi connectivity index (χ0n) is 18.3. The highest BCUT2D eigenvalue weighted by molar-refractivity contribution is 7.89. The minimum atomic E-state index is -3.63. The van der Waals surface area contributed by atoms with Gasteiger partial charge in [0.1, 0.15) is 5.75 Å².